The van der Waals surface area contributed by atoms with E-state index in [0.717, 1.165) is 25.9 Å². The van der Waals surface area contributed by atoms with E-state index in [0.29, 0.717) is 23.0 Å². The Morgan fingerprint density at radius 1 is 1.42 bits per heavy atom. The molecule has 1 N–H and O–H groups in total. The third-order valence-electron chi connectivity index (χ3n) is 3.77. The Morgan fingerprint density at radius 2 is 2.08 bits per heavy atom. The average molecular weight is 356 g/mol. The predicted molar refractivity (Wildman–Crippen MR) is 101 cm³/mol. The molecule has 0 aliphatic carbocycles. The van der Waals surface area contributed by atoms with Gasteiger partial charge in [-0.3, -0.25) is 14.3 Å². The van der Waals surface area contributed by atoms with Crippen molar-refractivity contribution >= 4 is 24.5 Å². The van der Waals surface area contributed by atoms with Gasteiger partial charge in [0, 0.05) is 44.4 Å². The first-order chi connectivity index (χ1) is 11.5. The van der Waals surface area contributed by atoms with Crippen LogP contribution in [0.3, 0.4) is 0 Å². The molecule has 4 nitrogen and oxygen atoms in total. The molecule has 134 valence electrons. The highest BCUT2D eigenvalue weighted by molar-refractivity contribution is 7.96. The fourth-order valence-corrected chi connectivity index (χ4v) is 3.07. The van der Waals surface area contributed by atoms with Crippen molar-refractivity contribution in [2.75, 3.05) is 26.4 Å². The van der Waals surface area contributed by atoms with Gasteiger partial charge in [-0.05, 0) is 37.5 Å². The van der Waals surface area contributed by atoms with E-state index in [9.17, 15) is 8.78 Å². The van der Waals surface area contributed by atoms with Crippen molar-refractivity contribution in [2.24, 2.45) is 9.98 Å². The van der Waals surface area contributed by atoms with Crippen molar-refractivity contribution in [2.45, 2.75) is 31.7 Å². The zero-order valence-electron chi connectivity index (χ0n) is 14.3. The minimum Gasteiger partial charge on any atom is -0.367 e. The van der Waals surface area contributed by atoms with E-state index >= 15 is 0 Å². The molecule has 1 fully saturated rings. The van der Waals surface area contributed by atoms with Crippen LogP contribution < -0.4 is 5.32 Å². The number of rotatable bonds is 8. The van der Waals surface area contributed by atoms with Crippen LogP contribution in [-0.2, 0) is 0 Å². The van der Waals surface area contributed by atoms with E-state index in [1.807, 2.05) is 0 Å². The number of aliphatic imine (C=N–C) groups is 2. The molecule has 0 radical (unpaired) electrons. The van der Waals surface area contributed by atoms with Gasteiger partial charge in [-0.1, -0.05) is 24.6 Å². The summed E-state index contributed by atoms with van der Waals surface area (Å²) in [5, 5.41) is 3.41. The summed E-state index contributed by atoms with van der Waals surface area (Å²) in [6.07, 6.45) is 5.93. The number of nitrogens with one attached hydrogen (secondary N) is 1. The summed E-state index contributed by atoms with van der Waals surface area (Å²) in [6.45, 7) is 9.08. The van der Waals surface area contributed by atoms with E-state index in [1.54, 1.807) is 25.1 Å². The quantitative estimate of drug-likeness (QED) is 0.312. The lowest BCUT2D eigenvalue weighted by atomic mass is 10.0. The third kappa shape index (κ3) is 6.97. The van der Waals surface area contributed by atoms with Gasteiger partial charge in [0.25, 0.3) is 0 Å². The molecule has 0 aromatic carbocycles. The summed E-state index contributed by atoms with van der Waals surface area (Å²) in [5.41, 5.74) is 1.08. The molecule has 1 heterocycles. The molecule has 0 unspecified atom stereocenters. The van der Waals surface area contributed by atoms with Gasteiger partial charge in [0.2, 0.25) is 6.43 Å². The maximum Gasteiger partial charge on any atom is 0.242 e. The van der Waals surface area contributed by atoms with Gasteiger partial charge in [-0.15, -0.1) is 0 Å². The topological polar surface area (TPSA) is 40.0 Å². The maximum atomic E-state index is 12.6. The highest BCUT2D eigenvalue weighted by atomic mass is 32.2. The molecular weight excluding hydrogens is 330 g/mol. The molecule has 1 saturated heterocycles. The van der Waals surface area contributed by atoms with E-state index in [2.05, 4.69) is 39.2 Å². The minimum absolute atomic E-state index is 0.302. The summed E-state index contributed by atoms with van der Waals surface area (Å²) in [5.74, 6) is 0.638. The van der Waals surface area contributed by atoms with Crippen LogP contribution in [0.15, 0.2) is 46.1 Å². The first-order valence-electron chi connectivity index (χ1n) is 7.83. The summed E-state index contributed by atoms with van der Waals surface area (Å²) in [7, 11) is 1.67. The monoisotopic (exact) mass is 356 g/mol. The Morgan fingerprint density at radius 3 is 2.54 bits per heavy atom. The number of halogens is 2. The first-order valence-corrected chi connectivity index (χ1v) is 9.02. The molecule has 0 spiro atoms. The molecule has 7 heteroatoms. The van der Waals surface area contributed by atoms with E-state index in [4.69, 9.17) is 0 Å². The Hall–Kier alpha value is -1.47. The lowest BCUT2D eigenvalue weighted by Crippen LogP contribution is -2.43. The number of alkyl halides is 2. The lowest BCUT2D eigenvalue weighted by Gasteiger charge is -2.31. The fraction of sp³-hybridized carbons (Fsp3) is 0.529. The van der Waals surface area contributed by atoms with Crippen LogP contribution in [0.2, 0.25) is 0 Å². The Balaban J connectivity index is 2.85. The van der Waals surface area contributed by atoms with Crippen molar-refractivity contribution in [3.8, 4) is 0 Å². The minimum atomic E-state index is -2.42. The third-order valence-corrected chi connectivity index (χ3v) is 4.66. The number of hydrogen-bond acceptors (Lipinski definition) is 4. The lowest BCUT2D eigenvalue weighted by molar-refractivity contribution is 0.150. The fourth-order valence-electron chi connectivity index (χ4n) is 2.50. The Labute approximate surface area is 147 Å². The van der Waals surface area contributed by atoms with E-state index in [1.165, 1.54) is 12.3 Å². The van der Waals surface area contributed by atoms with Crippen molar-refractivity contribution in [1.29, 1.82) is 0 Å². The van der Waals surface area contributed by atoms with Crippen LogP contribution >= 0.6 is 11.9 Å². The highest BCUT2D eigenvalue weighted by Gasteiger charge is 2.20. The molecule has 1 rings (SSSR count). The second kappa shape index (κ2) is 11.1. The highest BCUT2D eigenvalue weighted by Crippen LogP contribution is 2.18. The Kier molecular flexibility index (Phi) is 9.56. The average Bonchev–Trinajstić information content (AvgIpc) is 2.58. The number of nitrogens with zero attached hydrogens (tertiary/aromatic N) is 3. The number of allylic oxidation sites excluding steroid dienone is 2. The predicted octanol–water partition coefficient (Wildman–Crippen LogP) is 3.70. The summed E-state index contributed by atoms with van der Waals surface area (Å²) in [6, 6.07) is 0.302. The smallest absolute Gasteiger partial charge is 0.242 e. The first kappa shape index (κ1) is 20.6. The Bertz CT molecular complexity index is 507. The van der Waals surface area contributed by atoms with Crippen molar-refractivity contribution in [3.05, 3.63) is 36.1 Å². The van der Waals surface area contributed by atoms with Crippen LogP contribution in [-0.4, -0.2) is 55.7 Å². The van der Waals surface area contributed by atoms with Crippen LogP contribution in [0.25, 0.3) is 0 Å². The summed E-state index contributed by atoms with van der Waals surface area (Å²) in [4.78, 5) is 8.05. The molecule has 0 atom stereocenters. The molecule has 1 aliphatic rings. The van der Waals surface area contributed by atoms with Gasteiger partial charge in [0.05, 0.1) is 0 Å². The number of amidine groups is 1. The van der Waals surface area contributed by atoms with Gasteiger partial charge in [0.1, 0.15) is 5.84 Å². The number of hydrogen-bond donors (Lipinski definition) is 1. The maximum absolute atomic E-state index is 12.6. The van der Waals surface area contributed by atoms with Gasteiger partial charge in [-0.2, -0.15) is 0 Å². The largest absolute Gasteiger partial charge is 0.367 e. The zero-order valence-corrected chi connectivity index (χ0v) is 15.2. The van der Waals surface area contributed by atoms with Crippen LogP contribution in [0, 0.1) is 0 Å². The van der Waals surface area contributed by atoms with Gasteiger partial charge in [-0.25, -0.2) is 8.78 Å². The van der Waals surface area contributed by atoms with E-state index < -0.39 is 6.43 Å². The van der Waals surface area contributed by atoms with E-state index in [-0.39, 0.29) is 6.42 Å². The van der Waals surface area contributed by atoms with Crippen molar-refractivity contribution in [1.82, 2.24) is 9.62 Å². The molecular formula is C17H26F2N4S. The van der Waals surface area contributed by atoms with Crippen LogP contribution in [0.1, 0.15) is 19.3 Å². The molecule has 1 aliphatic heterocycles. The van der Waals surface area contributed by atoms with Gasteiger partial charge in [0.15, 0.2) is 0 Å². The molecule has 0 bridgehead atoms. The van der Waals surface area contributed by atoms with Crippen molar-refractivity contribution < 1.29 is 8.78 Å². The second-order valence-electron chi connectivity index (χ2n) is 5.39. The molecule has 0 saturated carbocycles. The summed E-state index contributed by atoms with van der Waals surface area (Å²) < 4.78 is 27.6. The van der Waals surface area contributed by atoms with Gasteiger partial charge < -0.3 is 5.32 Å². The zero-order chi connectivity index (χ0) is 17.9. The van der Waals surface area contributed by atoms with Crippen molar-refractivity contribution in [3.63, 3.8) is 0 Å². The molecule has 0 amide bonds. The van der Waals surface area contributed by atoms with Crippen LogP contribution in [0.5, 0.6) is 0 Å². The molecule has 24 heavy (non-hydrogen) atoms. The SMILES string of the molecule is C=C/C(=C\C(=C\N=C)C(=NC)NC1CCN(SC)CC1)CC(F)F. The molecule has 0 aromatic rings. The van der Waals surface area contributed by atoms with Gasteiger partial charge >= 0.3 is 0 Å². The number of piperidine rings is 1. The normalized spacial score (nSPS) is 18.8. The van der Waals surface area contributed by atoms with Crippen LogP contribution in [0.4, 0.5) is 8.78 Å². The summed E-state index contributed by atoms with van der Waals surface area (Å²) >= 11 is 1.75. The molecule has 0 aromatic heterocycles. The standard InChI is InChI=1S/C17H26F2N4S/c1-5-13(11-16(18)19)10-14(12-20-2)17(21-3)22-15-6-8-23(24-4)9-7-15/h5,10,12,15-16H,1-2,6-9,11H2,3-4H3,(H,21,22)/b13-10+,14-12-. The second-order valence-corrected chi connectivity index (χ2v) is 6.27.